The number of hydrogen-bond donors (Lipinski definition) is 2. The fourth-order valence-electron chi connectivity index (χ4n) is 2.05. The van der Waals surface area contributed by atoms with Gasteiger partial charge < -0.3 is 16.2 Å². The minimum absolute atomic E-state index is 0.0142. The number of nitrogens with two attached hydrogens (primary N) is 2. The van der Waals surface area contributed by atoms with Crippen molar-refractivity contribution in [2.24, 2.45) is 17.4 Å². The van der Waals surface area contributed by atoms with E-state index in [1.54, 1.807) is 7.11 Å². The summed E-state index contributed by atoms with van der Waals surface area (Å²) in [6.45, 7) is 7.13. The first-order valence-electron chi connectivity index (χ1n) is 6.63. The smallest absolute Gasteiger partial charge is 0.123 e. The Morgan fingerprint density at radius 3 is 2.39 bits per heavy atom. The van der Waals surface area contributed by atoms with Crippen LogP contribution in [-0.4, -0.2) is 13.7 Å². The molecule has 0 amide bonds. The Bertz CT molecular complexity index is 377. The summed E-state index contributed by atoms with van der Waals surface area (Å²) >= 11 is 0. The summed E-state index contributed by atoms with van der Waals surface area (Å²) in [6, 6.07) is 6.30. The van der Waals surface area contributed by atoms with Gasteiger partial charge in [0.1, 0.15) is 5.75 Å². The van der Waals surface area contributed by atoms with Crippen LogP contribution in [0.5, 0.6) is 5.75 Å². The third-order valence-corrected chi connectivity index (χ3v) is 3.38. The minimum Gasteiger partial charge on any atom is -0.496 e. The molecule has 0 bridgehead atoms. The van der Waals surface area contributed by atoms with Gasteiger partial charge in [-0.3, -0.25) is 0 Å². The van der Waals surface area contributed by atoms with E-state index in [0.29, 0.717) is 18.4 Å². The molecule has 2 atom stereocenters. The first-order valence-corrected chi connectivity index (χ1v) is 6.63. The second-order valence-corrected chi connectivity index (χ2v) is 5.34. The Kier molecular flexibility index (Phi) is 5.63. The molecule has 4 N–H and O–H groups in total. The minimum atomic E-state index is -0.0142. The molecule has 0 saturated heterocycles. The summed E-state index contributed by atoms with van der Waals surface area (Å²) in [5, 5.41) is 0. The van der Waals surface area contributed by atoms with Gasteiger partial charge in [-0.05, 0) is 36.4 Å². The lowest BCUT2D eigenvalue weighted by molar-refractivity contribution is 0.397. The molecule has 1 rings (SSSR count). The molecule has 0 aliphatic heterocycles. The molecule has 0 radical (unpaired) electrons. The lowest BCUT2D eigenvalue weighted by Gasteiger charge is -2.20. The van der Waals surface area contributed by atoms with Gasteiger partial charge in [-0.1, -0.05) is 32.9 Å². The summed E-state index contributed by atoms with van der Waals surface area (Å²) in [4.78, 5) is 0. The number of rotatable bonds is 6. The molecule has 1 aromatic rings. The highest BCUT2D eigenvalue weighted by Gasteiger charge is 2.15. The quantitative estimate of drug-likeness (QED) is 0.816. The van der Waals surface area contributed by atoms with E-state index in [1.807, 2.05) is 0 Å². The molecule has 3 nitrogen and oxygen atoms in total. The van der Waals surface area contributed by atoms with Crippen LogP contribution in [0.15, 0.2) is 18.2 Å². The fraction of sp³-hybridized carbons (Fsp3) is 0.600. The van der Waals surface area contributed by atoms with Crippen LogP contribution in [0, 0.1) is 5.92 Å². The lowest BCUT2D eigenvalue weighted by Crippen LogP contribution is -2.19. The molecule has 0 aliphatic carbocycles. The van der Waals surface area contributed by atoms with Crippen LogP contribution in [0.1, 0.15) is 50.3 Å². The highest BCUT2D eigenvalue weighted by atomic mass is 16.5. The predicted octanol–water partition coefficient (Wildman–Crippen LogP) is 2.80. The van der Waals surface area contributed by atoms with E-state index >= 15 is 0 Å². The van der Waals surface area contributed by atoms with E-state index in [4.69, 9.17) is 16.2 Å². The van der Waals surface area contributed by atoms with Crippen molar-refractivity contribution in [1.29, 1.82) is 0 Å². The van der Waals surface area contributed by atoms with Crippen LogP contribution in [-0.2, 0) is 0 Å². The topological polar surface area (TPSA) is 61.3 Å². The van der Waals surface area contributed by atoms with Crippen molar-refractivity contribution in [2.45, 2.75) is 39.2 Å². The van der Waals surface area contributed by atoms with Crippen LogP contribution in [0.4, 0.5) is 0 Å². The van der Waals surface area contributed by atoms with Gasteiger partial charge in [-0.15, -0.1) is 0 Å². The zero-order valence-electron chi connectivity index (χ0n) is 11.9. The second-order valence-electron chi connectivity index (χ2n) is 5.34. The third-order valence-electron chi connectivity index (χ3n) is 3.38. The Morgan fingerprint density at radius 1 is 1.22 bits per heavy atom. The van der Waals surface area contributed by atoms with Crippen molar-refractivity contribution in [2.75, 3.05) is 13.7 Å². The largest absolute Gasteiger partial charge is 0.496 e. The molecule has 0 aromatic heterocycles. The van der Waals surface area contributed by atoms with Crippen molar-refractivity contribution >= 4 is 0 Å². The van der Waals surface area contributed by atoms with E-state index in [9.17, 15) is 0 Å². The second kappa shape index (κ2) is 6.76. The van der Waals surface area contributed by atoms with Gasteiger partial charge in [-0.2, -0.15) is 0 Å². The van der Waals surface area contributed by atoms with Crippen LogP contribution in [0.2, 0.25) is 0 Å². The normalized spacial score (nSPS) is 14.6. The summed E-state index contributed by atoms with van der Waals surface area (Å²) in [7, 11) is 1.70. The van der Waals surface area contributed by atoms with Gasteiger partial charge in [0, 0.05) is 11.6 Å². The molecule has 18 heavy (non-hydrogen) atoms. The Labute approximate surface area is 111 Å². The van der Waals surface area contributed by atoms with Gasteiger partial charge in [-0.25, -0.2) is 0 Å². The standard InChI is InChI=1S/C15H26N2O/c1-10(2)12-5-6-13(15(8-12)18-4)14(17)7-11(3)9-16/h5-6,8,10-11,14H,7,9,16-17H2,1-4H3. The average molecular weight is 250 g/mol. The van der Waals surface area contributed by atoms with Gasteiger partial charge in [0.15, 0.2) is 0 Å². The van der Waals surface area contributed by atoms with E-state index in [0.717, 1.165) is 17.7 Å². The molecular weight excluding hydrogens is 224 g/mol. The molecule has 102 valence electrons. The first kappa shape index (κ1) is 15.0. The molecule has 0 aliphatic rings. The number of benzene rings is 1. The number of hydrogen-bond acceptors (Lipinski definition) is 3. The molecule has 0 heterocycles. The molecule has 0 saturated carbocycles. The van der Waals surface area contributed by atoms with E-state index < -0.39 is 0 Å². The molecule has 2 unspecified atom stereocenters. The summed E-state index contributed by atoms with van der Waals surface area (Å²) in [5.74, 6) is 1.81. The lowest BCUT2D eigenvalue weighted by atomic mass is 9.93. The summed E-state index contributed by atoms with van der Waals surface area (Å²) in [5.41, 5.74) is 14.2. The van der Waals surface area contributed by atoms with E-state index in [1.165, 1.54) is 5.56 Å². The van der Waals surface area contributed by atoms with Crippen molar-refractivity contribution in [3.05, 3.63) is 29.3 Å². The van der Waals surface area contributed by atoms with Crippen molar-refractivity contribution in [3.63, 3.8) is 0 Å². The average Bonchev–Trinajstić information content (AvgIpc) is 2.37. The Balaban J connectivity index is 2.94. The van der Waals surface area contributed by atoms with Crippen LogP contribution in [0.25, 0.3) is 0 Å². The third kappa shape index (κ3) is 3.72. The zero-order valence-corrected chi connectivity index (χ0v) is 11.9. The van der Waals surface area contributed by atoms with Crippen LogP contribution in [0.3, 0.4) is 0 Å². The van der Waals surface area contributed by atoms with Gasteiger partial charge in [0.05, 0.1) is 7.11 Å². The maximum atomic E-state index is 6.24. The van der Waals surface area contributed by atoms with Gasteiger partial charge in [0.25, 0.3) is 0 Å². The van der Waals surface area contributed by atoms with Gasteiger partial charge in [0.2, 0.25) is 0 Å². The molecular formula is C15H26N2O. The monoisotopic (exact) mass is 250 g/mol. The van der Waals surface area contributed by atoms with E-state index in [2.05, 4.69) is 39.0 Å². The molecule has 0 fully saturated rings. The van der Waals surface area contributed by atoms with Crippen LogP contribution >= 0.6 is 0 Å². The van der Waals surface area contributed by atoms with E-state index in [-0.39, 0.29) is 6.04 Å². The van der Waals surface area contributed by atoms with Crippen LogP contribution < -0.4 is 16.2 Å². The van der Waals surface area contributed by atoms with Gasteiger partial charge >= 0.3 is 0 Å². The van der Waals surface area contributed by atoms with Crippen molar-refractivity contribution in [3.8, 4) is 5.75 Å². The Morgan fingerprint density at radius 2 is 1.89 bits per heavy atom. The highest BCUT2D eigenvalue weighted by molar-refractivity contribution is 5.40. The molecule has 1 aromatic carbocycles. The van der Waals surface area contributed by atoms with Crippen molar-refractivity contribution in [1.82, 2.24) is 0 Å². The first-order chi connectivity index (χ1) is 8.49. The summed E-state index contributed by atoms with van der Waals surface area (Å²) in [6.07, 6.45) is 0.883. The highest BCUT2D eigenvalue weighted by Crippen LogP contribution is 2.30. The number of ether oxygens (including phenoxy) is 1. The maximum Gasteiger partial charge on any atom is 0.123 e. The van der Waals surface area contributed by atoms with Crippen molar-refractivity contribution < 1.29 is 4.74 Å². The Hall–Kier alpha value is -1.06. The summed E-state index contributed by atoms with van der Waals surface area (Å²) < 4.78 is 5.46. The predicted molar refractivity (Wildman–Crippen MR) is 76.8 cm³/mol. The SMILES string of the molecule is COc1cc(C(C)C)ccc1C(N)CC(C)CN. The maximum absolute atomic E-state index is 6.24. The number of methoxy groups -OCH3 is 1. The fourth-order valence-corrected chi connectivity index (χ4v) is 2.05. The zero-order chi connectivity index (χ0) is 13.7. The molecule has 0 spiro atoms. The molecule has 3 heteroatoms.